The second-order valence-electron chi connectivity index (χ2n) is 4.71. The SMILES string of the molecule is CCC(CC(=O)NCCC(=O)O)c1ccc(C)cc1. The van der Waals surface area contributed by atoms with Crippen molar-refractivity contribution in [1.82, 2.24) is 5.32 Å². The molecule has 19 heavy (non-hydrogen) atoms. The van der Waals surface area contributed by atoms with E-state index in [0.29, 0.717) is 6.42 Å². The van der Waals surface area contributed by atoms with Gasteiger partial charge in [-0.2, -0.15) is 0 Å². The zero-order valence-electron chi connectivity index (χ0n) is 11.5. The summed E-state index contributed by atoms with van der Waals surface area (Å²) >= 11 is 0. The van der Waals surface area contributed by atoms with E-state index in [2.05, 4.69) is 12.2 Å². The van der Waals surface area contributed by atoms with Crippen LogP contribution < -0.4 is 5.32 Å². The predicted octanol–water partition coefficient (Wildman–Crippen LogP) is 2.47. The summed E-state index contributed by atoms with van der Waals surface area (Å²) < 4.78 is 0. The normalized spacial score (nSPS) is 11.9. The molecular formula is C15H21NO3. The molecule has 0 aliphatic carbocycles. The molecule has 104 valence electrons. The van der Waals surface area contributed by atoms with Gasteiger partial charge in [-0.05, 0) is 24.8 Å². The Kier molecular flexibility index (Phi) is 6.06. The minimum Gasteiger partial charge on any atom is -0.481 e. The van der Waals surface area contributed by atoms with E-state index in [1.165, 1.54) is 5.56 Å². The Morgan fingerprint density at radius 3 is 2.42 bits per heavy atom. The van der Waals surface area contributed by atoms with Gasteiger partial charge in [0, 0.05) is 13.0 Å². The van der Waals surface area contributed by atoms with Crippen molar-refractivity contribution in [3.63, 3.8) is 0 Å². The van der Waals surface area contributed by atoms with Crippen LogP contribution in [0.15, 0.2) is 24.3 Å². The number of carboxylic acid groups (broad SMARTS) is 1. The number of carbonyl (C=O) groups is 2. The third-order valence-corrected chi connectivity index (χ3v) is 3.13. The zero-order chi connectivity index (χ0) is 14.3. The number of nitrogens with one attached hydrogen (secondary N) is 1. The average molecular weight is 263 g/mol. The Labute approximate surface area is 113 Å². The maximum Gasteiger partial charge on any atom is 0.305 e. The lowest BCUT2D eigenvalue weighted by Gasteiger charge is -2.15. The van der Waals surface area contributed by atoms with E-state index < -0.39 is 5.97 Å². The molecule has 0 heterocycles. The van der Waals surface area contributed by atoms with Gasteiger partial charge in [0.1, 0.15) is 0 Å². The van der Waals surface area contributed by atoms with Gasteiger partial charge in [-0.15, -0.1) is 0 Å². The largest absolute Gasteiger partial charge is 0.481 e. The molecule has 0 aromatic heterocycles. The number of amides is 1. The molecule has 4 heteroatoms. The molecule has 0 spiro atoms. The number of hydrogen-bond donors (Lipinski definition) is 2. The average Bonchev–Trinajstić information content (AvgIpc) is 2.36. The molecule has 0 aliphatic heterocycles. The smallest absolute Gasteiger partial charge is 0.305 e. The molecule has 1 atom stereocenters. The van der Waals surface area contributed by atoms with Gasteiger partial charge in [0.25, 0.3) is 0 Å². The summed E-state index contributed by atoms with van der Waals surface area (Å²) in [5.41, 5.74) is 2.35. The van der Waals surface area contributed by atoms with Gasteiger partial charge in [0.2, 0.25) is 5.91 Å². The van der Waals surface area contributed by atoms with E-state index in [4.69, 9.17) is 5.11 Å². The Morgan fingerprint density at radius 2 is 1.89 bits per heavy atom. The van der Waals surface area contributed by atoms with Crippen molar-refractivity contribution in [3.05, 3.63) is 35.4 Å². The summed E-state index contributed by atoms with van der Waals surface area (Å²) in [4.78, 5) is 22.1. The number of rotatable bonds is 7. The monoisotopic (exact) mass is 263 g/mol. The fourth-order valence-electron chi connectivity index (χ4n) is 1.94. The van der Waals surface area contributed by atoms with Crippen molar-refractivity contribution in [1.29, 1.82) is 0 Å². The standard InChI is InChI=1S/C15H21NO3/c1-3-12(13-6-4-11(2)5-7-13)10-14(17)16-9-8-15(18)19/h4-7,12H,3,8-10H2,1-2H3,(H,16,17)(H,18,19). The molecule has 0 saturated carbocycles. The lowest BCUT2D eigenvalue weighted by atomic mass is 9.92. The van der Waals surface area contributed by atoms with E-state index in [0.717, 1.165) is 12.0 Å². The Morgan fingerprint density at radius 1 is 1.26 bits per heavy atom. The molecule has 0 radical (unpaired) electrons. The van der Waals surface area contributed by atoms with Crippen LogP contribution in [0.1, 0.15) is 43.2 Å². The maximum atomic E-state index is 11.7. The minimum absolute atomic E-state index is 0.0347. The number of aryl methyl sites for hydroxylation is 1. The van der Waals surface area contributed by atoms with E-state index in [9.17, 15) is 9.59 Å². The van der Waals surface area contributed by atoms with Crippen molar-refractivity contribution in [2.24, 2.45) is 0 Å². The highest BCUT2D eigenvalue weighted by Gasteiger charge is 2.14. The molecule has 2 N–H and O–H groups in total. The van der Waals surface area contributed by atoms with Crippen molar-refractivity contribution in [2.75, 3.05) is 6.54 Å². The van der Waals surface area contributed by atoms with Crippen LogP contribution >= 0.6 is 0 Å². The third kappa shape index (κ3) is 5.55. The topological polar surface area (TPSA) is 66.4 Å². The van der Waals surface area contributed by atoms with Gasteiger partial charge in [-0.1, -0.05) is 36.8 Å². The number of hydrogen-bond acceptors (Lipinski definition) is 2. The van der Waals surface area contributed by atoms with Crippen molar-refractivity contribution < 1.29 is 14.7 Å². The second kappa shape index (κ2) is 7.56. The van der Waals surface area contributed by atoms with Crippen molar-refractivity contribution in [3.8, 4) is 0 Å². The van der Waals surface area contributed by atoms with Crippen LogP contribution in [0.25, 0.3) is 0 Å². The summed E-state index contributed by atoms with van der Waals surface area (Å²) in [5, 5.41) is 11.1. The predicted molar refractivity (Wildman–Crippen MR) is 74.1 cm³/mol. The van der Waals surface area contributed by atoms with Crippen LogP contribution in [0.3, 0.4) is 0 Å². The molecular weight excluding hydrogens is 242 g/mol. The fraction of sp³-hybridized carbons (Fsp3) is 0.467. The Hall–Kier alpha value is -1.84. The Balaban J connectivity index is 2.50. The third-order valence-electron chi connectivity index (χ3n) is 3.13. The molecule has 1 amide bonds. The minimum atomic E-state index is -0.897. The van der Waals surface area contributed by atoms with E-state index >= 15 is 0 Å². The van der Waals surface area contributed by atoms with Crippen LogP contribution in [0.2, 0.25) is 0 Å². The number of aliphatic carboxylic acids is 1. The van der Waals surface area contributed by atoms with Gasteiger partial charge in [0.15, 0.2) is 0 Å². The fourth-order valence-corrected chi connectivity index (χ4v) is 1.94. The van der Waals surface area contributed by atoms with Crippen LogP contribution in [0.4, 0.5) is 0 Å². The molecule has 0 saturated heterocycles. The zero-order valence-corrected chi connectivity index (χ0v) is 11.5. The summed E-state index contributed by atoms with van der Waals surface area (Å²) in [7, 11) is 0. The summed E-state index contributed by atoms with van der Waals surface area (Å²) in [5.74, 6) is -0.801. The van der Waals surface area contributed by atoms with Crippen LogP contribution in [-0.4, -0.2) is 23.5 Å². The Bertz CT molecular complexity index is 426. The first-order chi connectivity index (χ1) is 9.02. The first-order valence-electron chi connectivity index (χ1n) is 6.58. The van der Waals surface area contributed by atoms with Crippen molar-refractivity contribution >= 4 is 11.9 Å². The first-order valence-corrected chi connectivity index (χ1v) is 6.58. The highest BCUT2D eigenvalue weighted by atomic mass is 16.4. The van der Waals surface area contributed by atoms with Crippen LogP contribution in [0, 0.1) is 6.92 Å². The lowest BCUT2D eigenvalue weighted by Crippen LogP contribution is -2.27. The quantitative estimate of drug-likeness (QED) is 0.794. The number of carboxylic acids is 1. The molecule has 0 bridgehead atoms. The molecule has 1 rings (SSSR count). The summed E-state index contributed by atoms with van der Waals surface area (Å²) in [6, 6.07) is 8.18. The molecule has 0 fully saturated rings. The molecule has 0 aliphatic rings. The van der Waals surface area contributed by atoms with Crippen LogP contribution in [0.5, 0.6) is 0 Å². The van der Waals surface area contributed by atoms with Gasteiger partial charge in [-0.3, -0.25) is 9.59 Å². The summed E-state index contributed by atoms with van der Waals surface area (Å²) in [6.07, 6.45) is 1.25. The van der Waals surface area contributed by atoms with Crippen molar-refractivity contribution in [2.45, 2.75) is 39.0 Å². The lowest BCUT2D eigenvalue weighted by molar-refractivity contribution is -0.136. The molecule has 4 nitrogen and oxygen atoms in total. The summed E-state index contributed by atoms with van der Waals surface area (Å²) in [6.45, 7) is 4.27. The maximum absolute atomic E-state index is 11.7. The van der Waals surface area contributed by atoms with E-state index in [1.54, 1.807) is 0 Å². The molecule has 1 aromatic carbocycles. The number of benzene rings is 1. The highest BCUT2D eigenvalue weighted by Crippen LogP contribution is 2.23. The molecule has 1 aromatic rings. The van der Waals surface area contributed by atoms with Gasteiger partial charge in [0.05, 0.1) is 6.42 Å². The second-order valence-corrected chi connectivity index (χ2v) is 4.71. The van der Waals surface area contributed by atoms with E-state index in [-0.39, 0.29) is 24.8 Å². The van der Waals surface area contributed by atoms with Crippen LogP contribution in [-0.2, 0) is 9.59 Å². The first kappa shape index (κ1) is 15.2. The highest BCUT2D eigenvalue weighted by molar-refractivity contribution is 5.77. The molecule has 1 unspecified atom stereocenters. The van der Waals surface area contributed by atoms with Gasteiger partial charge >= 0.3 is 5.97 Å². The van der Waals surface area contributed by atoms with E-state index in [1.807, 2.05) is 31.2 Å². The van der Waals surface area contributed by atoms with Gasteiger partial charge < -0.3 is 10.4 Å². The number of carbonyl (C=O) groups excluding carboxylic acids is 1. The van der Waals surface area contributed by atoms with Gasteiger partial charge in [-0.25, -0.2) is 0 Å².